The number of halogens is 2. The normalized spacial score (nSPS) is 13.2. The molecule has 1 aromatic rings. The first kappa shape index (κ1) is 14.7. The van der Waals surface area contributed by atoms with Crippen molar-refractivity contribution in [2.75, 3.05) is 6.54 Å². The van der Waals surface area contributed by atoms with Crippen molar-refractivity contribution >= 4 is 23.2 Å². The van der Waals surface area contributed by atoms with Crippen LogP contribution in [-0.4, -0.2) is 16.5 Å². The summed E-state index contributed by atoms with van der Waals surface area (Å²) in [4.78, 5) is 14.0. The number of nitrogens with zero attached hydrogens (tertiary/aromatic N) is 2. The van der Waals surface area contributed by atoms with E-state index in [0.717, 1.165) is 11.8 Å². The number of allylic oxidation sites excluding steroid dienone is 1. The number of likely N-dealkylation sites (N-methyl/N-ethyl adjacent to an activating group) is 1. The van der Waals surface area contributed by atoms with Crippen LogP contribution in [0.15, 0.2) is 24.2 Å². The van der Waals surface area contributed by atoms with Gasteiger partial charge in [0.25, 0.3) is 6.20 Å². The molecule has 0 amide bonds. The highest BCUT2D eigenvalue weighted by Crippen LogP contribution is 2.27. The molecule has 1 N–H and O–H groups in total. The molecule has 0 spiro atoms. The molecule has 1 aromatic heterocycles. The number of aromatic nitrogens is 1. The van der Waals surface area contributed by atoms with Crippen molar-refractivity contribution in [2.45, 2.75) is 19.8 Å². The van der Waals surface area contributed by atoms with Gasteiger partial charge in [0, 0.05) is 18.7 Å². The van der Waals surface area contributed by atoms with Crippen LogP contribution in [0.4, 0.5) is 0 Å². The van der Waals surface area contributed by atoms with E-state index in [1.165, 1.54) is 0 Å². The monoisotopic (exact) mass is 289 g/mol. The average molecular weight is 290 g/mol. The Kier molecular flexibility index (Phi) is 5.37. The number of pyridine rings is 1. The third kappa shape index (κ3) is 3.85. The molecule has 98 valence electrons. The van der Waals surface area contributed by atoms with Crippen molar-refractivity contribution in [3.05, 3.63) is 50.0 Å². The lowest BCUT2D eigenvalue weighted by Crippen LogP contribution is -2.18. The maximum atomic E-state index is 10.6. The molecule has 1 atom stereocenters. The summed E-state index contributed by atoms with van der Waals surface area (Å²) in [6, 6.07) is 1.66. The van der Waals surface area contributed by atoms with Crippen molar-refractivity contribution in [3.8, 4) is 0 Å². The molecule has 0 saturated heterocycles. The van der Waals surface area contributed by atoms with E-state index in [-0.39, 0.29) is 11.1 Å². The summed E-state index contributed by atoms with van der Waals surface area (Å²) in [5.41, 5.74) is 1.26. The Morgan fingerprint density at radius 1 is 1.67 bits per heavy atom. The fourth-order valence-electron chi connectivity index (χ4n) is 1.48. The van der Waals surface area contributed by atoms with E-state index in [9.17, 15) is 10.1 Å². The van der Waals surface area contributed by atoms with Crippen LogP contribution in [0.3, 0.4) is 0 Å². The van der Waals surface area contributed by atoms with Crippen LogP contribution < -0.4 is 5.32 Å². The number of hydrogen-bond acceptors (Lipinski definition) is 4. The predicted octanol–water partition coefficient (Wildman–Crippen LogP) is 3.22. The van der Waals surface area contributed by atoms with Crippen LogP contribution in [-0.2, 0) is 0 Å². The minimum atomic E-state index is -0.487. The summed E-state index contributed by atoms with van der Waals surface area (Å²) in [5.74, 6) is -0.211. The first-order chi connectivity index (χ1) is 8.45. The Balaban J connectivity index is 3.05. The molecule has 0 aliphatic rings. The van der Waals surface area contributed by atoms with E-state index < -0.39 is 4.92 Å². The molecule has 1 rings (SSSR count). The molecule has 0 bridgehead atoms. The van der Waals surface area contributed by atoms with Crippen molar-refractivity contribution in [1.82, 2.24) is 10.3 Å². The fourth-order valence-corrected chi connectivity index (χ4v) is 1.76. The topological polar surface area (TPSA) is 68.1 Å². The molecule has 1 unspecified atom stereocenters. The van der Waals surface area contributed by atoms with E-state index in [0.29, 0.717) is 17.3 Å². The van der Waals surface area contributed by atoms with Gasteiger partial charge in [0.1, 0.15) is 5.15 Å². The van der Waals surface area contributed by atoms with Crippen molar-refractivity contribution in [3.63, 3.8) is 0 Å². The van der Waals surface area contributed by atoms with Gasteiger partial charge in [-0.15, -0.1) is 0 Å². The van der Waals surface area contributed by atoms with Crippen LogP contribution in [0.1, 0.15) is 25.3 Å². The summed E-state index contributed by atoms with van der Waals surface area (Å²) < 4.78 is 0. The lowest BCUT2D eigenvalue weighted by molar-refractivity contribution is -0.404. The van der Waals surface area contributed by atoms with E-state index in [1.54, 1.807) is 12.3 Å². The summed E-state index contributed by atoms with van der Waals surface area (Å²) in [7, 11) is 0. The van der Waals surface area contributed by atoms with Gasteiger partial charge in [-0.1, -0.05) is 30.1 Å². The van der Waals surface area contributed by atoms with Crippen LogP contribution in [0, 0.1) is 10.1 Å². The lowest BCUT2D eigenvalue weighted by atomic mass is 10.00. The predicted molar refractivity (Wildman–Crippen MR) is 71.4 cm³/mol. The van der Waals surface area contributed by atoms with Crippen LogP contribution in [0.2, 0.25) is 10.2 Å². The standard InChI is InChI=1S/C11H13Cl2N3O2/c1-3-14-10(6-16(17)18)7(2)8-4-9(12)11(13)15-5-8/h4-7,14H,3H2,1-2H3/b10-6-. The van der Waals surface area contributed by atoms with Gasteiger partial charge in [-0.25, -0.2) is 4.98 Å². The Morgan fingerprint density at radius 3 is 2.83 bits per heavy atom. The van der Waals surface area contributed by atoms with Gasteiger partial charge in [0.2, 0.25) is 0 Å². The second kappa shape index (κ2) is 6.56. The fraction of sp³-hybridized carbons (Fsp3) is 0.364. The Morgan fingerprint density at radius 2 is 2.33 bits per heavy atom. The van der Waals surface area contributed by atoms with Gasteiger partial charge in [0.15, 0.2) is 0 Å². The SMILES string of the molecule is CCN/C(=C\[N+](=O)[O-])C(C)c1cnc(Cl)c(Cl)c1. The molecule has 0 radical (unpaired) electrons. The molecule has 1 heterocycles. The van der Waals surface area contributed by atoms with Crippen LogP contribution in [0.25, 0.3) is 0 Å². The Labute approximate surface area is 115 Å². The van der Waals surface area contributed by atoms with Crippen LogP contribution >= 0.6 is 23.2 Å². The second-order valence-electron chi connectivity index (χ2n) is 3.66. The molecule has 0 aliphatic carbocycles. The second-order valence-corrected chi connectivity index (χ2v) is 4.43. The van der Waals surface area contributed by atoms with E-state index in [1.807, 2.05) is 13.8 Å². The molecule has 5 nitrogen and oxygen atoms in total. The Hall–Kier alpha value is -1.33. The molecule has 0 fully saturated rings. The molecule has 0 aromatic carbocycles. The van der Waals surface area contributed by atoms with E-state index >= 15 is 0 Å². The van der Waals surface area contributed by atoms with Gasteiger partial charge < -0.3 is 5.32 Å². The zero-order valence-corrected chi connectivity index (χ0v) is 11.5. The number of hydrogen-bond donors (Lipinski definition) is 1. The minimum absolute atomic E-state index is 0.211. The zero-order valence-electron chi connectivity index (χ0n) is 9.98. The molecule has 0 saturated carbocycles. The van der Waals surface area contributed by atoms with Crippen molar-refractivity contribution in [2.24, 2.45) is 0 Å². The molecule has 18 heavy (non-hydrogen) atoms. The first-order valence-electron chi connectivity index (χ1n) is 5.35. The average Bonchev–Trinajstić information content (AvgIpc) is 2.31. The maximum Gasteiger partial charge on any atom is 0.253 e. The third-order valence-electron chi connectivity index (χ3n) is 2.41. The first-order valence-corrected chi connectivity index (χ1v) is 6.11. The summed E-state index contributed by atoms with van der Waals surface area (Å²) >= 11 is 11.6. The zero-order chi connectivity index (χ0) is 13.7. The van der Waals surface area contributed by atoms with E-state index in [2.05, 4.69) is 10.3 Å². The summed E-state index contributed by atoms with van der Waals surface area (Å²) in [6.07, 6.45) is 2.51. The largest absolute Gasteiger partial charge is 0.383 e. The van der Waals surface area contributed by atoms with Gasteiger partial charge in [-0.2, -0.15) is 0 Å². The quantitative estimate of drug-likeness (QED) is 0.513. The highest BCUT2D eigenvalue weighted by molar-refractivity contribution is 6.41. The van der Waals surface area contributed by atoms with Gasteiger partial charge in [0.05, 0.1) is 15.6 Å². The molecular weight excluding hydrogens is 277 g/mol. The Bertz CT molecular complexity index is 477. The lowest BCUT2D eigenvalue weighted by Gasteiger charge is -2.15. The minimum Gasteiger partial charge on any atom is -0.383 e. The highest BCUT2D eigenvalue weighted by Gasteiger charge is 2.16. The van der Waals surface area contributed by atoms with Gasteiger partial charge >= 0.3 is 0 Å². The number of nitrogens with one attached hydrogen (secondary N) is 1. The molecule has 0 aliphatic heterocycles. The third-order valence-corrected chi connectivity index (χ3v) is 3.10. The maximum absolute atomic E-state index is 10.6. The van der Waals surface area contributed by atoms with Crippen molar-refractivity contribution < 1.29 is 4.92 Å². The van der Waals surface area contributed by atoms with Gasteiger partial charge in [-0.05, 0) is 18.6 Å². The number of nitro groups is 1. The van der Waals surface area contributed by atoms with Crippen molar-refractivity contribution in [1.29, 1.82) is 0 Å². The van der Waals surface area contributed by atoms with Crippen LogP contribution in [0.5, 0.6) is 0 Å². The highest BCUT2D eigenvalue weighted by atomic mass is 35.5. The summed E-state index contributed by atoms with van der Waals surface area (Å²) in [6.45, 7) is 4.30. The molecular formula is C11H13Cl2N3O2. The number of rotatable bonds is 5. The molecule has 7 heteroatoms. The summed E-state index contributed by atoms with van der Waals surface area (Å²) in [5, 5.41) is 14.1. The van der Waals surface area contributed by atoms with Gasteiger partial charge in [-0.3, -0.25) is 10.1 Å². The smallest absolute Gasteiger partial charge is 0.253 e. The van der Waals surface area contributed by atoms with E-state index in [4.69, 9.17) is 23.2 Å².